The summed E-state index contributed by atoms with van der Waals surface area (Å²) in [4.78, 5) is 5.72. The number of aromatic nitrogens is 1. The number of nitrogens with one attached hydrogen (secondary N) is 1. The number of ether oxygens (including phenoxy) is 1. The van der Waals surface area contributed by atoms with Gasteiger partial charge in [-0.25, -0.2) is 4.98 Å². The van der Waals surface area contributed by atoms with Crippen LogP contribution in [-0.2, 0) is 4.74 Å². The summed E-state index contributed by atoms with van der Waals surface area (Å²) >= 11 is 1.80. The highest BCUT2D eigenvalue weighted by Gasteiger charge is 2.27. The highest BCUT2D eigenvalue weighted by Crippen LogP contribution is 2.31. The van der Waals surface area contributed by atoms with Gasteiger partial charge in [0.15, 0.2) is 0 Å². The third-order valence-electron chi connectivity index (χ3n) is 3.00. The molecule has 3 nitrogen and oxygen atoms in total. The summed E-state index contributed by atoms with van der Waals surface area (Å²) < 4.78 is 5.49. The Morgan fingerprint density at radius 1 is 1.69 bits per heavy atom. The predicted octanol–water partition coefficient (Wildman–Crippen LogP) is 2.53. The van der Waals surface area contributed by atoms with E-state index < -0.39 is 0 Å². The van der Waals surface area contributed by atoms with Crippen LogP contribution in [0.25, 0.3) is 0 Å². The lowest BCUT2D eigenvalue weighted by molar-refractivity contribution is 0.177. The number of aryl methyl sites for hydroxylation is 1. The van der Waals surface area contributed by atoms with Gasteiger partial charge >= 0.3 is 0 Å². The van der Waals surface area contributed by atoms with Crippen molar-refractivity contribution >= 4 is 11.3 Å². The number of nitrogens with zero attached hydrogens (tertiary/aromatic N) is 1. The van der Waals surface area contributed by atoms with E-state index in [0.717, 1.165) is 24.8 Å². The van der Waals surface area contributed by atoms with Crippen LogP contribution in [0.1, 0.15) is 35.7 Å². The fraction of sp³-hybridized carbons (Fsp3) is 0.750. The van der Waals surface area contributed by atoms with Gasteiger partial charge in [-0.1, -0.05) is 6.92 Å². The van der Waals surface area contributed by atoms with Gasteiger partial charge in [0.05, 0.1) is 11.6 Å². The van der Waals surface area contributed by atoms with E-state index in [-0.39, 0.29) is 0 Å². The highest BCUT2D eigenvalue weighted by atomic mass is 32.1. The standard InChI is InChI=1S/C12H20N2OS/c1-3-5-13-12(10-4-6-15-8-10)11-7-14-9(2)16-11/h7,10,12-13H,3-6,8H2,1-2H3. The van der Waals surface area contributed by atoms with Crippen molar-refractivity contribution in [2.75, 3.05) is 19.8 Å². The molecule has 90 valence electrons. The maximum absolute atomic E-state index is 5.49. The van der Waals surface area contributed by atoms with Crippen LogP contribution >= 0.6 is 11.3 Å². The molecule has 2 heterocycles. The van der Waals surface area contributed by atoms with Crippen molar-refractivity contribution in [3.63, 3.8) is 0 Å². The van der Waals surface area contributed by atoms with Crippen LogP contribution in [0, 0.1) is 12.8 Å². The second kappa shape index (κ2) is 5.75. The molecular formula is C12H20N2OS. The molecule has 0 amide bonds. The van der Waals surface area contributed by atoms with Crippen LogP contribution in [0.5, 0.6) is 0 Å². The summed E-state index contributed by atoms with van der Waals surface area (Å²) in [7, 11) is 0. The van der Waals surface area contributed by atoms with Crippen molar-refractivity contribution in [2.24, 2.45) is 5.92 Å². The Morgan fingerprint density at radius 2 is 2.56 bits per heavy atom. The number of hydrogen-bond donors (Lipinski definition) is 1. The van der Waals surface area contributed by atoms with E-state index in [0.29, 0.717) is 12.0 Å². The Balaban J connectivity index is 2.06. The average molecular weight is 240 g/mol. The summed E-state index contributed by atoms with van der Waals surface area (Å²) in [5.41, 5.74) is 0. The van der Waals surface area contributed by atoms with E-state index in [1.54, 1.807) is 11.3 Å². The molecule has 1 aromatic rings. The van der Waals surface area contributed by atoms with Crippen LogP contribution in [-0.4, -0.2) is 24.7 Å². The molecule has 1 N–H and O–H groups in total. The molecular weight excluding hydrogens is 220 g/mol. The first-order chi connectivity index (χ1) is 7.81. The molecule has 0 aromatic carbocycles. The molecule has 0 bridgehead atoms. The minimum Gasteiger partial charge on any atom is -0.381 e. The molecule has 1 aliphatic heterocycles. The van der Waals surface area contributed by atoms with E-state index in [1.807, 2.05) is 6.20 Å². The first-order valence-corrected chi connectivity index (χ1v) is 6.86. The topological polar surface area (TPSA) is 34.2 Å². The highest BCUT2D eigenvalue weighted by molar-refractivity contribution is 7.11. The van der Waals surface area contributed by atoms with Gasteiger partial charge in [-0.2, -0.15) is 0 Å². The lowest BCUT2D eigenvalue weighted by Crippen LogP contribution is -2.28. The van der Waals surface area contributed by atoms with Gasteiger partial charge < -0.3 is 10.1 Å². The zero-order chi connectivity index (χ0) is 11.4. The zero-order valence-electron chi connectivity index (χ0n) is 10.0. The normalized spacial score (nSPS) is 22.5. The van der Waals surface area contributed by atoms with Crippen LogP contribution in [0.3, 0.4) is 0 Å². The first kappa shape index (κ1) is 12.0. The Kier molecular flexibility index (Phi) is 4.32. The van der Waals surface area contributed by atoms with Crippen molar-refractivity contribution < 1.29 is 4.74 Å². The maximum atomic E-state index is 5.49. The SMILES string of the molecule is CCCNC(c1cnc(C)s1)C1CCOC1. The largest absolute Gasteiger partial charge is 0.381 e. The van der Waals surface area contributed by atoms with Gasteiger partial charge in [0.1, 0.15) is 0 Å². The first-order valence-electron chi connectivity index (χ1n) is 6.04. The second-order valence-electron chi connectivity index (χ2n) is 4.34. The molecule has 1 aromatic heterocycles. The molecule has 2 atom stereocenters. The smallest absolute Gasteiger partial charge is 0.0897 e. The van der Waals surface area contributed by atoms with E-state index in [9.17, 15) is 0 Å². The molecule has 0 radical (unpaired) electrons. The number of rotatable bonds is 5. The predicted molar refractivity (Wildman–Crippen MR) is 66.8 cm³/mol. The Labute approximate surface area is 101 Å². The zero-order valence-corrected chi connectivity index (χ0v) is 10.8. The van der Waals surface area contributed by atoms with E-state index in [1.165, 1.54) is 17.7 Å². The van der Waals surface area contributed by atoms with Crippen molar-refractivity contribution in [3.8, 4) is 0 Å². The van der Waals surface area contributed by atoms with Gasteiger partial charge in [-0.05, 0) is 26.3 Å². The molecule has 16 heavy (non-hydrogen) atoms. The minimum atomic E-state index is 0.439. The Morgan fingerprint density at radius 3 is 3.12 bits per heavy atom. The van der Waals surface area contributed by atoms with E-state index >= 15 is 0 Å². The van der Waals surface area contributed by atoms with E-state index in [4.69, 9.17) is 4.74 Å². The third kappa shape index (κ3) is 2.81. The summed E-state index contributed by atoms with van der Waals surface area (Å²) in [5.74, 6) is 0.617. The monoisotopic (exact) mass is 240 g/mol. The molecule has 4 heteroatoms. The average Bonchev–Trinajstić information content (AvgIpc) is 2.91. The summed E-state index contributed by atoms with van der Waals surface area (Å²) in [6.45, 7) is 7.13. The third-order valence-corrected chi connectivity index (χ3v) is 3.99. The summed E-state index contributed by atoms with van der Waals surface area (Å²) in [6.07, 6.45) is 4.35. The lowest BCUT2D eigenvalue weighted by Gasteiger charge is -2.22. The quantitative estimate of drug-likeness (QED) is 0.859. The number of hydrogen-bond acceptors (Lipinski definition) is 4. The minimum absolute atomic E-state index is 0.439. The van der Waals surface area contributed by atoms with Crippen molar-refractivity contribution in [2.45, 2.75) is 32.7 Å². The molecule has 1 fully saturated rings. The molecule has 1 aliphatic rings. The molecule has 0 aliphatic carbocycles. The summed E-state index contributed by atoms with van der Waals surface area (Å²) in [5, 5.41) is 4.78. The fourth-order valence-electron chi connectivity index (χ4n) is 2.14. The van der Waals surface area contributed by atoms with Crippen molar-refractivity contribution in [1.29, 1.82) is 0 Å². The second-order valence-corrected chi connectivity index (χ2v) is 5.60. The van der Waals surface area contributed by atoms with Crippen LogP contribution in [0.15, 0.2) is 6.20 Å². The summed E-state index contributed by atoms with van der Waals surface area (Å²) in [6, 6.07) is 0.439. The molecule has 1 saturated heterocycles. The molecule has 0 saturated carbocycles. The van der Waals surface area contributed by atoms with Crippen LogP contribution in [0.2, 0.25) is 0 Å². The lowest BCUT2D eigenvalue weighted by atomic mass is 9.98. The van der Waals surface area contributed by atoms with Crippen molar-refractivity contribution in [3.05, 3.63) is 16.1 Å². The van der Waals surface area contributed by atoms with E-state index in [2.05, 4.69) is 24.1 Å². The Bertz CT molecular complexity index is 321. The van der Waals surface area contributed by atoms with Gasteiger partial charge in [0.25, 0.3) is 0 Å². The Hall–Kier alpha value is -0.450. The fourth-order valence-corrected chi connectivity index (χ4v) is 3.09. The molecule has 0 spiro atoms. The van der Waals surface area contributed by atoms with Gasteiger partial charge in [-0.15, -0.1) is 11.3 Å². The number of thiazole rings is 1. The van der Waals surface area contributed by atoms with Gasteiger partial charge in [0, 0.05) is 29.6 Å². The van der Waals surface area contributed by atoms with Crippen LogP contribution in [0.4, 0.5) is 0 Å². The maximum Gasteiger partial charge on any atom is 0.0897 e. The van der Waals surface area contributed by atoms with Gasteiger partial charge in [-0.3, -0.25) is 0 Å². The van der Waals surface area contributed by atoms with Crippen LogP contribution < -0.4 is 5.32 Å². The molecule has 2 unspecified atom stereocenters. The molecule has 2 rings (SSSR count). The van der Waals surface area contributed by atoms with Crippen molar-refractivity contribution in [1.82, 2.24) is 10.3 Å². The van der Waals surface area contributed by atoms with Gasteiger partial charge in [0.2, 0.25) is 0 Å².